The average molecular weight is 449 g/mol. The van der Waals surface area contributed by atoms with Crippen LogP contribution in [0.1, 0.15) is 18.5 Å². The zero-order chi connectivity index (χ0) is 21.6. The van der Waals surface area contributed by atoms with E-state index in [-0.39, 0.29) is 17.7 Å². The molecule has 0 spiro atoms. The van der Waals surface area contributed by atoms with E-state index in [0.717, 1.165) is 16.8 Å². The van der Waals surface area contributed by atoms with Crippen LogP contribution in [0.2, 0.25) is 5.02 Å². The van der Waals surface area contributed by atoms with Crippen LogP contribution in [0, 0.1) is 0 Å². The van der Waals surface area contributed by atoms with Gasteiger partial charge in [-0.2, -0.15) is 0 Å². The van der Waals surface area contributed by atoms with E-state index in [1.165, 1.54) is 11.8 Å². The van der Waals surface area contributed by atoms with Crippen molar-refractivity contribution in [1.82, 2.24) is 20.1 Å². The number of rotatable bonds is 7. The SMILES string of the molecule is C[C@@H](NC(=O)CSc1nnc(-c2ccc(Cl)cc2)n1-c1ccccc1)c1ccccc1. The van der Waals surface area contributed by atoms with Gasteiger partial charge < -0.3 is 5.32 Å². The van der Waals surface area contributed by atoms with Crippen molar-refractivity contribution in [3.63, 3.8) is 0 Å². The summed E-state index contributed by atoms with van der Waals surface area (Å²) < 4.78 is 1.96. The second-order valence-corrected chi connectivity index (χ2v) is 8.35. The van der Waals surface area contributed by atoms with E-state index in [0.29, 0.717) is 16.0 Å². The van der Waals surface area contributed by atoms with Gasteiger partial charge >= 0.3 is 0 Å². The smallest absolute Gasteiger partial charge is 0.230 e. The largest absolute Gasteiger partial charge is 0.349 e. The first kappa shape index (κ1) is 21.2. The highest BCUT2D eigenvalue weighted by Gasteiger charge is 2.18. The number of halogens is 1. The summed E-state index contributed by atoms with van der Waals surface area (Å²) in [5, 5.41) is 13.1. The number of para-hydroxylation sites is 1. The van der Waals surface area contributed by atoms with Gasteiger partial charge in [-0.3, -0.25) is 9.36 Å². The molecule has 1 aromatic heterocycles. The molecule has 156 valence electrons. The molecule has 4 aromatic rings. The summed E-state index contributed by atoms with van der Waals surface area (Å²) in [6.45, 7) is 1.98. The van der Waals surface area contributed by atoms with Gasteiger partial charge in [-0.1, -0.05) is 71.9 Å². The van der Waals surface area contributed by atoms with E-state index in [1.54, 1.807) is 0 Å². The van der Waals surface area contributed by atoms with Gasteiger partial charge in [-0.15, -0.1) is 10.2 Å². The Bertz CT molecular complexity index is 1150. The molecule has 3 aromatic carbocycles. The predicted octanol–water partition coefficient (Wildman–Crippen LogP) is 5.56. The van der Waals surface area contributed by atoms with Gasteiger partial charge in [-0.25, -0.2) is 0 Å². The minimum atomic E-state index is -0.0640. The lowest BCUT2D eigenvalue weighted by molar-refractivity contribution is -0.119. The summed E-state index contributed by atoms with van der Waals surface area (Å²) in [6.07, 6.45) is 0. The zero-order valence-electron chi connectivity index (χ0n) is 16.9. The first-order valence-corrected chi connectivity index (χ1v) is 11.2. The first-order valence-electron chi connectivity index (χ1n) is 9.85. The number of nitrogens with one attached hydrogen (secondary N) is 1. The topological polar surface area (TPSA) is 59.8 Å². The minimum absolute atomic E-state index is 0.0583. The van der Waals surface area contributed by atoms with Crippen LogP contribution in [-0.4, -0.2) is 26.4 Å². The third-order valence-electron chi connectivity index (χ3n) is 4.76. The summed E-state index contributed by atoms with van der Waals surface area (Å²) in [5.74, 6) is 0.878. The first-order chi connectivity index (χ1) is 15.1. The van der Waals surface area contributed by atoms with E-state index < -0.39 is 0 Å². The number of hydrogen-bond donors (Lipinski definition) is 1. The Labute approximate surface area is 190 Å². The Morgan fingerprint density at radius 3 is 2.29 bits per heavy atom. The summed E-state index contributed by atoms with van der Waals surface area (Å²) in [7, 11) is 0. The maximum atomic E-state index is 12.6. The van der Waals surface area contributed by atoms with E-state index in [4.69, 9.17) is 11.6 Å². The number of thioether (sulfide) groups is 1. The van der Waals surface area contributed by atoms with Gasteiger partial charge in [0.25, 0.3) is 0 Å². The number of carbonyl (C=O) groups excluding carboxylic acids is 1. The minimum Gasteiger partial charge on any atom is -0.349 e. The molecule has 1 N–H and O–H groups in total. The molecule has 0 aliphatic heterocycles. The van der Waals surface area contributed by atoms with Gasteiger partial charge in [0.2, 0.25) is 5.91 Å². The lowest BCUT2D eigenvalue weighted by Gasteiger charge is -2.14. The van der Waals surface area contributed by atoms with E-state index >= 15 is 0 Å². The molecular weight excluding hydrogens is 428 g/mol. The van der Waals surface area contributed by atoms with Crippen molar-refractivity contribution in [2.45, 2.75) is 18.1 Å². The van der Waals surface area contributed by atoms with Gasteiger partial charge in [0.05, 0.1) is 11.8 Å². The van der Waals surface area contributed by atoms with E-state index in [1.807, 2.05) is 96.4 Å². The Kier molecular flexibility index (Phi) is 6.70. The molecule has 0 saturated carbocycles. The Morgan fingerprint density at radius 1 is 0.968 bits per heavy atom. The van der Waals surface area contributed by atoms with Crippen LogP contribution in [0.3, 0.4) is 0 Å². The maximum Gasteiger partial charge on any atom is 0.230 e. The second-order valence-electron chi connectivity index (χ2n) is 6.97. The average Bonchev–Trinajstić information content (AvgIpc) is 3.23. The fourth-order valence-corrected chi connectivity index (χ4v) is 4.09. The second kappa shape index (κ2) is 9.81. The lowest BCUT2D eigenvalue weighted by Crippen LogP contribution is -2.28. The molecule has 0 fully saturated rings. The van der Waals surface area contributed by atoms with E-state index in [2.05, 4.69) is 15.5 Å². The molecule has 0 unspecified atom stereocenters. The van der Waals surface area contributed by atoms with Crippen molar-refractivity contribution >= 4 is 29.3 Å². The molecule has 0 radical (unpaired) electrons. The van der Waals surface area contributed by atoms with Crippen LogP contribution < -0.4 is 5.32 Å². The Morgan fingerprint density at radius 2 is 1.61 bits per heavy atom. The number of hydrogen-bond acceptors (Lipinski definition) is 4. The van der Waals surface area contributed by atoms with Crippen molar-refractivity contribution in [2.75, 3.05) is 5.75 Å². The normalized spacial score (nSPS) is 11.8. The molecule has 31 heavy (non-hydrogen) atoms. The number of aromatic nitrogens is 3. The summed E-state index contributed by atoms with van der Waals surface area (Å²) >= 11 is 7.40. The molecule has 0 saturated heterocycles. The van der Waals surface area contributed by atoms with Crippen molar-refractivity contribution in [3.05, 3.63) is 95.5 Å². The number of amides is 1. The number of nitrogens with zero attached hydrogens (tertiary/aromatic N) is 3. The van der Waals surface area contributed by atoms with Crippen LogP contribution in [0.5, 0.6) is 0 Å². The highest BCUT2D eigenvalue weighted by Crippen LogP contribution is 2.28. The third-order valence-corrected chi connectivity index (χ3v) is 5.94. The van der Waals surface area contributed by atoms with Gasteiger partial charge in [0.15, 0.2) is 11.0 Å². The molecule has 0 aliphatic rings. The summed E-state index contributed by atoms with van der Waals surface area (Å²) in [5.41, 5.74) is 2.89. The van der Waals surface area contributed by atoms with Crippen LogP contribution in [0.4, 0.5) is 0 Å². The van der Waals surface area contributed by atoms with Crippen LogP contribution in [-0.2, 0) is 4.79 Å². The van der Waals surface area contributed by atoms with Crippen LogP contribution in [0.25, 0.3) is 17.1 Å². The summed E-state index contributed by atoms with van der Waals surface area (Å²) in [6, 6.07) is 27.2. The molecule has 1 heterocycles. The Balaban J connectivity index is 1.54. The highest BCUT2D eigenvalue weighted by molar-refractivity contribution is 7.99. The zero-order valence-corrected chi connectivity index (χ0v) is 18.5. The molecule has 0 bridgehead atoms. The van der Waals surface area contributed by atoms with Gasteiger partial charge in [0.1, 0.15) is 0 Å². The van der Waals surface area contributed by atoms with Gasteiger partial charge in [-0.05, 0) is 48.9 Å². The quantitative estimate of drug-likeness (QED) is 0.376. The Hall–Kier alpha value is -3.09. The number of benzene rings is 3. The van der Waals surface area contributed by atoms with E-state index in [9.17, 15) is 4.79 Å². The van der Waals surface area contributed by atoms with Crippen molar-refractivity contribution in [3.8, 4) is 17.1 Å². The third kappa shape index (κ3) is 5.16. The molecule has 0 aliphatic carbocycles. The lowest BCUT2D eigenvalue weighted by atomic mass is 10.1. The van der Waals surface area contributed by atoms with Crippen molar-refractivity contribution < 1.29 is 4.79 Å². The maximum absolute atomic E-state index is 12.6. The number of carbonyl (C=O) groups is 1. The van der Waals surface area contributed by atoms with Crippen LogP contribution >= 0.6 is 23.4 Å². The molecule has 1 amide bonds. The predicted molar refractivity (Wildman–Crippen MR) is 126 cm³/mol. The van der Waals surface area contributed by atoms with Crippen molar-refractivity contribution in [1.29, 1.82) is 0 Å². The molecule has 4 rings (SSSR count). The molecule has 5 nitrogen and oxygen atoms in total. The molecule has 1 atom stereocenters. The van der Waals surface area contributed by atoms with Crippen molar-refractivity contribution in [2.24, 2.45) is 0 Å². The summed E-state index contributed by atoms with van der Waals surface area (Å²) in [4.78, 5) is 12.6. The monoisotopic (exact) mass is 448 g/mol. The molecule has 7 heteroatoms. The van der Waals surface area contributed by atoms with Crippen LogP contribution in [0.15, 0.2) is 90.1 Å². The molecular formula is C24H21ClN4OS. The standard InChI is InChI=1S/C24H21ClN4OS/c1-17(18-8-4-2-5-9-18)26-22(30)16-31-24-28-27-23(19-12-14-20(25)15-13-19)29(24)21-10-6-3-7-11-21/h2-15,17H,16H2,1H3,(H,26,30)/t17-/m1/s1. The van der Waals surface area contributed by atoms with Gasteiger partial charge in [0, 0.05) is 16.3 Å². The fraction of sp³-hybridized carbons (Fsp3) is 0.125. The highest BCUT2D eigenvalue weighted by atomic mass is 35.5. The fourth-order valence-electron chi connectivity index (χ4n) is 3.20.